The summed E-state index contributed by atoms with van der Waals surface area (Å²) < 4.78 is 27.0. The molecule has 1 aromatic heterocycles. The van der Waals surface area contributed by atoms with Gasteiger partial charge in [-0.2, -0.15) is 5.10 Å². The van der Waals surface area contributed by atoms with Gasteiger partial charge in [-0.25, -0.2) is 8.78 Å². The van der Waals surface area contributed by atoms with Crippen LogP contribution in [0.1, 0.15) is 34.6 Å². The highest BCUT2D eigenvalue weighted by Gasteiger charge is 2.23. The predicted octanol–water partition coefficient (Wildman–Crippen LogP) is 2.82. The summed E-state index contributed by atoms with van der Waals surface area (Å²) in [6.45, 7) is 0. The van der Waals surface area contributed by atoms with Crippen molar-refractivity contribution in [3.8, 4) is 0 Å². The molecule has 0 fully saturated rings. The van der Waals surface area contributed by atoms with Crippen molar-refractivity contribution in [1.29, 1.82) is 0 Å². The molecule has 0 radical (unpaired) electrons. The van der Waals surface area contributed by atoms with E-state index in [0.717, 1.165) is 49.1 Å². The van der Waals surface area contributed by atoms with Crippen molar-refractivity contribution in [3.05, 3.63) is 46.8 Å². The third-order valence-electron chi connectivity index (χ3n) is 3.47. The highest BCUT2D eigenvalue weighted by molar-refractivity contribution is 6.04. The van der Waals surface area contributed by atoms with Crippen LogP contribution in [0.2, 0.25) is 0 Å². The minimum absolute atomic E-state index is 0.224. The minimum atomic E-state index is -0.803. The number of aromatic amines is 1. The topological polar surface area (TPSA) is 57.8 Å². The van der Waals surface area contributed by atoms with E-state index >= 15 is 0 Å². The van der Waals surface area contributed by atoms with E-state index in [-0.39, 0.29) is 5.69 Å². The Morgan fingerprint density at radius 3 is 2.65 bits per heavy atom. The van der Waals surface area contributed by atoms with Gasteiger partial charge in [0.2, 0.25) is 0 Å². The number of rotatable bonds is 2. The number of para-hydroxylation sites is 1. The first-order valence-electron chi connectivity index (χ1n) is 6.48. The average Bonchev–Trinajstić information content (AvgIpc) is 2.87. The Labute approximate surface area is 114 Å². The summed E-state index contributed by atoms with van der Waals surface area (Å²) >= 11 is 0. The predicted molar refractivity (Wildman–Crippen MR) is 69.5 cm³/mol. The van der Waals surface area contributed by atoms with Crippen LogP contribution in [0.3, 0.4) is 0 Å². The molecule has 20 heavy (non-hydrogen) atoms. The molecule has 0 bridgehead atoms. The number of H-pyrrole nitrogens is 1. The smallest absolute Gasteiger partial charge is 0.276 e. The summed E-state index contributed by atoms with van der Waals surface area (Å²) in [6, 6.07) is 3.44. The molecular formula is C14H13F2N3O. The van der Waals surface area contributed by atoms with Crippen molar-refractivity contribution in [3.63, 3.8) is 0 Å². The number of aryl methyl sites for hydroxylation is 1. The lowest BCUT2D eigenvalue weighted by Gasteiger charge is -2.11. The number of fused-ring (bicyclic) bond motifs is 1. The van der Waals surface area contributed by atoms with Crippen molar-refractivity contribution in [2.24, 2.45) is 0 Å². The Hall–Kier alpha value is -2.24. The maximum Gasteiger partial charge on any atom is 0.276 e. The summed E-state index contributed by atoms with van der Waals surface area (Å²) in [5.74, 6) is -2.20. The van der Waals surface area contributed by atoms with E-state index in [0.29, 0.717) is 0 Å². The lowest BCUT2D eigenvalue weighted by molar-refractivity contribution is 0.102. The van der Waals surface area contributed by atoms with Crippen molar-refractivity contribution in [2.75, 3.05) is 5.32 Å². The molecule has 1 amide bonds. The third-order valence-corrected chi connectivity index (χ3v) is 3.47. The molecule has 1 heterocycles. The standard InChI is InChI=1S/C14H13F2N3O/c15-9-5-3-6-10(16)13(9)17-14(20)12-8-4-1-2-7-11(8)18-19-12/h3,5-6H,1-2,4,7H2,(H,17,20)(H,18,19). The average molecular weight is 277 g/mol. The lowest BCUT2D eigenvalue weighted by atomic mass is 9.96. The number of nitrogens with zero attached hydrogens (tertiary/aromatic N) is 1. The molecule has 1 aromatic carbocycles. The molecule has 0 saturated carbocycles. The van der Waals surface area contributed by atoms with Gasteiger partial charge in [-0.3, -0.25) is 9.89 Å². The number of anilines is 1. The van der Waals surface area contributed by atoms with E-state index in [4.69, 9.17) is 0 Å². The molecule has 0 spiro atoms. The maximum atomic E-state index is 13.5. The number of carbonyl (C=O) groups is 1. The van der Waals surface area contributed by atoms with Gasteiger partial charge in [0.05, 0.1) is 0 Å². The van der Waals surface area contributed by atoms with Gasteiger partial charge >= 0.3 is 0 Å². The Balaban J connectivity index is 1.89. The van der Waals surface area contributed by atoms with Gasteiger partial charge in [0, 0.05) is 11.3 Å². The molecule has 4 nitrogen and oxygen atoms in total. The number of hydrogen-bond donors (Lipinski definition) is 2. The quantitative estimate of drug-likeness (QED) is 0.886. The first-order valence-corrected chi connectivity index (χ1v) is 6.48. The number of nitrogens with one attached hydrogen (secondary N) is 2. The molecule has 2 aromatic rings. The van der Waals surface area contributed by atoms with Gasteiger partial charge in [-0.1, -0.05) is 6.07 Å². The van der Waals surface area contributed by atoms with E-state index in [1.807, 2.05) is 0 Å². The molecule has 6 heteroatoms. The second-order valence-corrected chi connectivity index (χ2v) is 4.79. The minimum Gasteiger partial charge on any atom is -0.316 e. The highest BCUT2D eigenvalue weighted by atomic mass is 19.1. The molecule has 0 atom stereocenters. The fourth-order valence-corrected chi connectivity index (χ4v) is 2.46. The Kier molecular flexibility index (Phi) is 3.22. The first kappa shape index (κ1) is 12.8. The van der Waals surface area contributed by atoms with E-state index in [2.05, 4.69) is 15.5 Å². The third kappa shape index (κ3) is 2.17. The second kappa shape index (κ2) is 5.03. The molecule has 104 valence electrons. The number of halogens is 2. The fraction of sp³-hybridized carbons (Fsp3) is 0.286. The van der Waals surface area contributed by atoms with Crippen molar-refractivity contribution < 1.29 is 13.6 Å². The van der Waals surface area contributed by atoms with E-state index in [9.17, 15) is 13.6 Å². The van der Waals surface area contributed by atoms with Gasteiger partial charge in [0.1, 0.15) is 17.3 Å². The maximum absolute atomic E-state index is 13.5. The molecule has 1 aliphatic carbocycles. The molecule has 1 aliphatic rings. The zero-order valence-corrected chi connectivity index (χ0v) is 10.7. The fourth-order valence-electron chi connectivity index (χ4n) is 2.46. The van der Waals surface area contributed by atoms with Crippen LogP contribution in [-0.4, -0.2) is 16.1 Å². The molecule has 0 saturated heterocycles. The van der Waals surface area contributed by atoms with Crippen LogP contribution in [-0.2, 0) is 12.8 Å². The van der Waals surface area contributed by atoms with Crippen LogP contribution in [0.25, 0.3) is 0 Å². The van der Waals surface area contributed by atoms with Gasteiger partial charge in [0.25, 0.3) is 5.91 Å². The zero-order valence-electron chi connectivity index (χ0n) is 10.7. The Morgan fingerprint density at radius 2 is 1.90 bits per heavy atom. The number of aromatic nitrogens is 2. The number of hydrogen-bond acceptors (Lipinski definition) is 2. The van der Waals surface area contributed by atoms with Gasteiger partial charge in [-0.15, -0.1) is 0 Å². The first-order chi connectivity index (χ1) is 9.66. The van der Waals surface area contributed by atoms with E-state index in [1.54, 1.807) is 0 Å². The van der Waals surface area contributed by atoms with Crippen LogP contribution in [0.5, 0.6) is 0 Å². The largest absolute Gasteiger partial charge is 0.316 e. The molecule has 3 rings (SSSR count). The second-order valence-electron chi connectivity index (χ2n) is 4.79. The van der Waals surface area contributed by atoms with Crippen LogP contribution >= 0.6 is 0 Å². The van der Waals surface area contributed by atoms with Crippen LogP contribution in [0.15, 0.2) is 18.2 Å². The molecule has 2 N–H and O–H groups in total. The van der Waals surface area contributed by atoms with Crippen LogP contribution in [0.4, 0.5) is 14.5 Å². The van der Waals surface area contributed by atoms with E-state index in [1.165, 1.54) is 6.07 Å². The van der Waals surface area contributed by atoms with Gasteiger partial charge in [-0.05, 0) is 37.8 Å². The number of benzene rings is 1. The summed E-state index contributed by atoms with van der Waals surface area (Å²) in [5, 5.41) is 9.05. The summed E-state index contributed by atoms with van der Waals surface area (Å²) in [6.07, 6.45) is 3.65. The van der Waals surface area contributed by atoms with Crippen LogP contribution in [0, 0.1) is 11.6 Å². The summed E-state index contributed by atoms with van der Waals surface area (Å²) in [5.41, 5.74) is 1.58. The molecular weight excluding hydrogens is 264 g/mol. The van der Waals surface area contributed by atoms with Crippen LogP contribution < -0.4 is 5.32 Å². The van der Waals surface area contributed by atoms with Gasteiger partial charge in [0.15, 0.2) is 5.69 Å². The monoisotopic (exact) mass is 277 g/mol. The van der Waals surface area contributed by atoms with Gasteiger partial charge < -0.3 is 5.32 Å². The lowest BCUT2D eigenvalue weighted by Crippen LogP contribution is -2.17. The zero-order chi connectivity index (χ0) is 14.1. The Morgan fingerprint density at radius 1 is 1.20 bits per heavy atom. The highest BCUT2D eigenvalue weighted by Crippen LogP contribution is 2.24. The summed E-state index contributed by atoms with van der Waals surface area (Å²) in [7, 11) is 0. The number of amides is 1. The van der Waals surface area contributed by atoms with Crippen molar-refractivity contribution >= 4 is 11.6 Å². The summed E-state index contributed by atoms with van der Waals surface area (Å²) in [4.78, 5) is 12.1. The SMILES string of the molecule is O=C(Nc1c(F)cccc1F)c1n[nH]c2c1CCCC2. The normalized spacial score (nSPS) is 13.9. The Bertz CT molecular complexity index is 646. The van der Waals surface area contributed by atoms with Crippen molar-refractivity contribution in [1.82, 2.24) is 10.2 Å². The molecule has 0 aliphatic heterocycles. The van der Waals surface area contributed by atoms with E-state index < -0.39 is 23.2 Å². The van der Waals surface area contributed by atoms with Crippen molar-refractivity contribution in [2.45, 2.75) is 25.7 Å². The molecule has 0 unspecified atom stereocenters. The number of carbonyl (C=O) groups excluding carboxylic acids is 1.